The molecule has 0 aliphatic rings. The normalized spacial score (nSPS) is 15.0. The van der Waals surface area contributed by atoms with Gasteiger partial charge in [0.15, 0.2) is 5.60 Å². The Bertz CT molecular complexity index is 186. The predicted octanol–water partition coefficient (Wildman–Crippen LogP) is 0.899. The Morgan fingerprint density at radius 3 is 2.25 bits per heavy atom. The maximum atomic E-state index is 11.0. The van der Waals surface area contributed by atoms with Gasteiger partial charge in [-0.3, -0.25) is 0 Å². The third-order valence-electron chi connectivity index (χ3n) is 1.76. The summed E-state index contributed by atoms with van der Waals surface area (Å²) in [6, 6.07) is 0. The van der Waals surface area contributed by atoms with Crippen LogP contribution in [0.3, 0.4) is 0 Å². The van der Waals surface area contributed by atoms with E-state index in [9.17, 15) is 9.90 Å². The molecule has 0 aromatic rings. The summed E-state index contributed by atoms with van der Waals surface area (Å²) in [5, 5.41) is 9.63. The lowest BCUT2D eigenvalue weighted by Crippen LogP contribution is -2.42. The average molecular weight is 170 g/mol. The average Bonchev–Trinajstić information content (AvgIpc) is 2.04. The van der Waals surface area contributed by atoms with E-state index in [1.807, 2.05) is 0 Å². The quantitative estimate of drug-likeness (QED) is 0.503. The number of carbonyl (C=O) groups excluding carboxylic acids is 1. The second kappa shape index (κ2) is 4.07. The Balaban J connectivity index is 4.67. The van der Waals surface area contributed by atoms with Crippen LogP contribution in [0.15, 0.2) is 25.3 Å². The highest BCUT2D eigenvalue weighted by Crippen LogP contribution is 2.20. The second-order valence-corrected chi connectivity index (χ2v) is 2.64. The maximum absolute atomic E-state index is 11.0. The van der Waals surface area contributed by atoms with E-state index in [1.54, 1.807) is 0 Å². The van der Waals surface area contributed by atoms with Crippen molar-refractivity contribution in [2.24, 2.45) is 5.92 Å². The number of hydrogen-bond acceptors (Lipinski definition) is 3. The SMILES string of the molecule is C=CC(C=C)C(C)(O)C(=O)OC. The fourth-order valence-electron chi connectivity index (χ4n) is 0.898. The summed E-state index contributed by atoms with van der Waals surface area (Å²) < 4.78 is 4.42. The number of methoxy groups -OCH3 is 1. The molecule has 1 unspecified atom stereocenters. The van der Waals surface area contributed by atoms with Gasteiger partial charge in [0.1, 0.15) is 0 Å². The summed E-state index contributed by atoms with van der Waals surface area (Å²) in [6.45, 7) is 8.32. The van der Waals surface area contributed by atoms with Gasteiger partial charge in [-0.1, -0.05) is 12.2 Å². The van der Waals surface area contributed by atoms with Crippen LogP contribution < -0.4 is 0 Å². The predicted molar refractivity (Wildman–Crippen MR) is 46.5 cm³/mol. The van der Waals surface area contributed by atoms with E-state index >= 15 is 0 Å². The van der Waals surface area contributed by atoms with Crippen LogP contribution in [0.2, 0.25) is 0 Å². The molecule has 0 heterocycles. The molecule has 1 N–H and O–H groups in total. The minimum Gasteiger partial charge on any atom is -0.467 e. The monoisotopic (exact) mass is 170 g/mol. The van der Waals surface area contributed by atoms with Gasteiger partial charge in [-0.05, 0) is 6.92 Å². The molecular formula is C9H14O3. The molecule has 0 amide bonds. The first-order valence-corrected chi connectivity index (χ1v) is 3.56. The molecular weight excluding hydrogens is 156 g/mol. The van der Waals surface area contributed by atoms with Gasteiger partial charge in [-0.2, -0.15) is 0 Å². The minimum absolute atomic E-state index is 0.495. The van der Waals surface area contributed by atoms with E-state index < -0.39 is 17.5 Å². The highest BCUT2D eigenvalue weighted by atomic mass is 16.5. The van der Waals surface area contributed by atoms with Crippen LogP contribution in [0.1, 0.15) is 6.92 Å². The third-order valence-corrected chi connectivity index (χ3v) is 1.76. The van der Waals surface area contributed by atoms with Gasteiger partial charge < -0.3 is 9.84 Å². The molecule has 0 spiro atoms. The molecule has 0 aliphatic heterocycles. The Hall–Kier alpha value is -1.09. The molecule has 0 fully saturated rings. The van der Waals surface area contributed by atoms with Crippen LogP contribution in [-0.4, -0.2) is 23.8 Å². The molecule has 0 saturated heterocycles. The van der Waals surface area contributed by atoms with Crippen molar-refractivity contribution in [1.82, 2.24) is 0 Å². The Morgan fingerprint density at radius 2 is 2.00 bits per heavy atom. The highest BCUT2D eigenvalue weighted by Gasteiger charge is 2.36. The summed E-state index contributed by atoms with van der Waals surface area (Å²) in [7, 11) is 1.22. The highest BCUT2D eigenvalue weighted by molar-refractivity contribution is 5.79. The van der Waals surface area contributed by atoms with Gasteiger partial charge in [-0.15, -0.1) is 13.2 Å². The van der Waals surface area contributed by atoms with Gasteiger partial charge in [0.05, 0.1) is 7.11 Å². The van der Waals surface area contributed by atoms with E-state index in [0.29, 0.717) is 0 Å². The molecule has 3 nitrogen and oxygen atoms in total. The number of aliphatic hydroxyl groups is 1. The zero-order valence-corrected chi connectivity index (χ0v) is 7.41. The van der Waals surface area contributed by atoms with Gasteiger partial charge in [0.25, 0.3) is 0 Å². The summed E-state index contributed by atoms with van der Waals surface area (Å²) in [5.74, 6) is -1.18. The molecule has 1 atom stereocenters. The molecule has 12 heavy (non-hydrogen) atoms. The molecule has 0 radical (unpaired) electrons. The molecule has 0 bridgehead atoms. The Morgan fingerprint density at radius 1 is 1.58 bits per heavy atom. The lowest BCUT2D eigenvalue weighted by atomic mass is 9.89. The van der Waals surface area contributed by atoms with E-state index in [1.165, 1.54) is 26.2 Å². The second-order valence-electron chi connectivity index (χ2n) is 2.64. The van der Waals surface area contributed by atoms with Gasteiger partial charge in [-0.25, -0.2) is 4.79 Å². The first-order chi connectivity index (χ1) is 5.50. The van der Waals surface area contributed by atoms with Gasteiger partial charge >= 0.3 is 5.97 Å². The number of carbonyl (C=O) groups is 1. The fourth-order valence-corrected chi connectivity index (χ4v) is 0.898. The van der Waals surface area contributed by atoms with Gasteiger partial charge in [0.2, 0.25) is 0 Å². The van der Waals surface area contributed by atoms with Crippen molar-refractivity contribution in [3.8, 4) is 0 Å². The number of rotatable bonds is 4. The number of hydrogen-bond donors (Lipinski definition) is 1. The third kappa shape index (κ3) is 1.95. The topological polar surface area (TPSA) is 46.5 Å². The van der Waals surface area contributed by atoms with Crippen molar-refractivity contribution in [2.45, 2.75) is 12.5 Å². The lowest BCUT2D eigenvalue weighted by molar-refractivity contribution is -0.162. The summed E-state index contributed by atoms with van der Waals surface area (Å²) in [4.78, 5) is 11.0. The fraction of sp³-hybridized carbons (Fsp3) is 0.444. The molecule has 68 valence electrons. The van der Waals surface area contributed by atoms with Crippen LogP contribution in [-0.2, 0) is 9.53 Å². The molecule has 0 aliphatic carbocycles. The van der Waals surface area contributed by atoms with E-state index in [4.69, 9.17) is 0 Å². The molecule has 0 saturated carbocycles. The van der Waals surface area contributed by atoms with Gasteiger partial charge in [0, 0.05) is 5.92 Å². The van der Waals surface area contributed by atoms with E-state index in [-0.39, 0.29) is 0 Å². The van der Waals surface area contributed by atoms with Crippen LogP contribution >= 0.6 is 0 Å². The zero-order valence-electron chi connectivity index (χ0n) is 7.41. The first-order valence-electron chi connectivity index (χ1n) is 3.56. The first kappa shape index (κ1) is 10.9. The van der Waals surface area contributed by atoms with Crippen molar-refractivity contribution < 1.29 is 14.6 Å². The lowest BCUT2D eigenvalue weighted by Gasteiger charge is -2.25. The number of esters is 1. The van der Waals surface area contributed by atoms with Crippen LogP contribution in [0.4, 0.5) is 0 Å². The van der Waals surface area contributed by atoms with Crippen molar-refractivity contribution in [3.63, 3.8) is 0 Å². The van der Waals surface area contributed by atoms with E-state index in [2.05, 4.69) is 17.9 Å². The summed E-state index contributed by atoms with van der Waals surface area (Å²) >= 11 is 0. The van der Waals surface area contributed by atoms with Crippen molar-refractivity contribution in [3.05, 3.63) is 25.3 Å². The van der Waals surface area contributed by atoms with E-state index in [0.717, 1.165) is 0 Å². The molecule has 0 aromatic carbocycles. The number of ether oxygens (including phenoxy) is 1. The molecule has 0 rings (SSSR count). The van der Waals surface area contributed by atoms with Crippen LogP contribution in [0, 0.1) is 5.92 Å². The minimum atomic E-state index is -1.57. The molecule has 3 heteroatoms. The largest absolute Gasteiger partial charge is 0.467 e. The Kier molecular flexibility index (Phi) is 3.70. The van der Waals surface area contributed by atoms with Crippen LogP contribution in [0.5, 0.6) is 0 Å². The van der Waals surface area contributed by atoms with Crippen LogP contribution in [0.25, 0.3) is 0 Å². The van der Waals surface area contributed by atoms with Crippen molar-refractivity contribution in [1.29, 1.82) is 0 Å². The summed E-state index contributed by atoms with van der Waals surface area (Å²) in [6.07, 6.45) is 2.90. The van der Waals surface area contributed by atoms with Crippen molar-refractivity contribution >= 4 is 5.97 Å². The standard InChI is InChI=1S/C9H14O3/c1-5-7(6-2)9(3,11)8(10)12-4/h5-7,11H,1-2H2,3-4H3. The summed E-state index contributed by atoms with van der Waals surface area (Å²) in [5.41, 5.74) is -1.57. The molecule has 0 aromatic heterocycles. The maximum Gasteiger partial charge on any atom is 0.338 e. The smallest absolute Gasteiger partial charge is 0.338 e. The Labute approximate surface area is 72.3 Å². The zero-order chi connectivity index (χ0) is 9.78. The van der Waals surface area contributed by atoms with Crippen molar-refractivity contribution in [2.75, 3.05) is 7.11 Å².